The second-order valence-electron chi connectivity index (χ2n) is 2.17. The maximum atomic E-state index is 12.9. The Morgan fingerprint density at radius 1 is 1.62 bits per heavy atom. The molecular weight excluding hydrogens is 307 g/mol. The van der Waals surface area contributed by atoms with Gasteiger partial charge in [0.15, 0.2) is 0 Å². The van der Waals surface area contributed by atoms with Crippen molar-refractivity contribution in [3.63, 3.8) is 0 Å². The van der Waals surface area contributed by atoms with Crippen LogP contribution in [0.1, 0.15) is 15.9 Å². The number of nitrogens with zero attached hydrogens (tertiary/aromatic N) is 1. The van der Waals surface area contributed by atoms with Crippen molar-refractivity contribution in [2.24, 2.45) is 0 Å². The molecule has 5 heteroatoms. The fraction of sp³-hybridized carbons (Fsp3) is 0. The van der Waals surface area contributed by atoms with Crippen LogP contribution < -0.4 is 0 Å². The molecule has 0 aliphatic rings. The van der Waals surface area contributed by atoms with Crippen LogP contribution in [0, 0.1) is 20.7 Å². The Morgan fingerprint density at radius 2 is 2.23 bits per heavy atom. The van der Waals surface area contributed by atoms with Gasteiger partial charge in [0.05, 0.1) is 14.7 Å². The van der Waals surface area contributed by atoms with E-state index in [1.165, 1.54) is 6.07 Å². The first-order valence-electron chi connectivity index (χ1n) is 3.16. The quantitative estimate of drug-likeness (QED) is 0.591. The molecule has 13 heavy (non-hydrogen) atoms. The van der Waals surface area contributed by atoms with Crippen LogP contribution in [0.5, 0.6) is 0 Å². The molecule has 0 spiro atoms. The summed E-state index contributed by atoms with van der Waals surface area (Å²) in [6.45, 7) is 0. The molecule has 0 saturated heterocycles. The number of benzene rings is 1. The lowest BCUT2D eigenvalue weighted by Gasteiger charge is -2.00. The van der Waals surface area contributed by atoms with Crippen LogP contribution in [-0.4, -0.2) is 5.24 Å². The number of carbonyl (C=O) groups is 1. The molecule has 0 aliphatic heterocycles. The minimum Gasteiger partial charge on any atom is -0.276 e. The molecule has 0 unspecified atom stereocenters. The van der Waals surface area contributed by atoms with Gasteiger partial charge in [-0.25, -0.2) is 4.39 Å². The molecule has 2 nitrogen and oxygen atoms in total. The summed E-state index contributed by atoms with van der Waals surface area (Å²) in [7, 11) is 0. The highest BCUT2D eigenvalue weighted by Crippen LogP contribution is 2.20. The summed E-state index contributed by atoms with van der Waals surface area (Å²) in [5.41, 5.74) is 0.0237. The van der Waals surface area contributed by atoms with Gasteiger partial charge in [-0.3, -0.25) is 4.79 Å². The molecule has 1 aromatic carbocycles. The monoisotopic (exact) mass is 309 g/mol. The largest absolute Gasteiger partial charge is 0.276 e. The SMILES string of the molecule is N#Cc1c(C(=O)Cl)ccc(F)c1I. The summed E-state index contributed by atoms with van der Waals surface area (Å²) in [4.78, 5) is 10.8. The van der Waals surface area contributed by atoms with Gasteiger partial charge < -0.3 is 0 Å². The highest BCUT2D eigenvalue weighted by atomic mass is 127. The summed E-state index contributed by atoms with van der Waals surface area (Å²) >= 11 is 6.85. The Bertz CT molecular complexity index is 413. The average Bonchev–Trinajstić information content (AvgIpc) is 2.09. The van der Waals surface area contributed by atoms with Gasteiger partial charge in [-0.2, -0.15) is 5.26 Å². The van der Waals surface area contributed by atoms with Crippen LogP contribution in [-0.2, 0) is 0 Å². The van der Waals surface area contributed by atoms with Gasteiger partial charge in [0.25, 0.3) is 5.24 Å². The van der Waals surface area contributed by atoms with Crippen molar-refractivity contribution in [2.45, 2.75) is 0 Å². The first-order valence-corrected chi connectivity index (χ1v) is 4.61. The van der Waals surface area contributed by atoms with Crippen LogP contribution >= 0.6 is 34.2 Å². The molecule has 1 rings (SSSR count). The number of halogens is 3. The Hall–Kier alpha value is -0.670. The molecule has 0 N–H and O–H groups in total. The van der Waals surface area contributed by atoms with Gasteiger partial charge in [-0.1, -0.05) is 0 Å². The van der Waals surface area contributed by atoms with Gasteiger partial charge in [0.2, 0.25) is 0 Å². The fourth-order valence-corrected chi connectivity index (χ4v) is 1.57. The van der Waals surface area contributed by atoms with E-state index in [-0.39, 0.29) is 14.7 Å². The molecule has 0 aromatic heterocycles. The third-order valence-corrected chi connectivity index (χ3v) is 2.68. The van der Waals surface area contributed by atoms with E-state index in [0.29, 0.717) is 0 Å². The summed E-state index contributed by atoms with van der Waals surface area (Å²) in [5.74, 6) is -0.529. The van der Waals surface area contributed by atoms with Crippen molar-refractivity contribution >= 4 is 39.4 Å². The molecule has 0 fully saturated rings. The van der Waals surface area contributed by atoms with Crippen molar-refractivity contribution in [1.29, 1.82) is 5.26 Å². The molecule has 66 valence electrons. The Kier molecular flexibility index (Phi) is 3.22. The van der Waals surface area contributed by atoms with Crippen molar-refractivity contribution in [3.8, 4) is 6.07 Å². The smallest absolute Gasteiger partial charge is 0.253 e. The first-order chi connectivity index (χ1) is 6.07. The van der Waals surface area contributed by atoms with E-state index in [9.17, 15) is 9.18 Å². The minimum atomic E-state index is -0.755. The second-order valence-corrected chi connectivity index (χ2v) is 3.59. The zero-order valence-corrected chi connectivity index (χ0v) is 9.06. The number of rotatable bonds is 1. The number of nitriles is 1. The molecule has 0 bridgehead atoms. The second kappa shape index (κ2) is 4.03. The molecule has 0 saturated carbocycles. The lowest BCUT2D eigenvalue weighted by atomic mass is 10.1. The van der Waals surface area contributed by atoms with Gasteiger partial charge in [0, 0.05) is 0 Å². The molecule has 1 aromatic rings. The van der Waals surface area contributed by atoms with Gasteiger partial charge in [-0.15, -0.1) is 0 Å². The van der Waals surface area contributed by atoms with Gasteiger partial charge >= 0.3 is 0 Å². The predicted molar refractivity (Wildman–Crippen MR) is 54.0 cm³/mol. The standard InChI is InChI=1S/C8H2ClFINO/c9-8(13)4-1-2-6(10)7(11)5(4)3-12/h1-2H. The minimum absolute atomic E-state index is 0.0133. The maximum Gasteiger partial charge on any atom is 0.253 e. The first kappa shape index (κ1) is 10.4. The van der Waals surface area contributed by atoms with E-state index in [4.69, 9.17) is 16.9 Å². The van der Waals surface area contributed by atoms with Crippen LogP contribution in [0.4, 0.5) is 4.39 Å². The maximum absolute atomic E-state index is 12.9. The molecule has 0 radical (unpaired) electrons. The zero-order valence-electron chi connectivity index (χ0n) is 6.14. The van der Waals surface area contributed by atoms with E-state index in [1.807, 2.05) is 0 Å². The predicted octanol–water partition coefficient (Wildman–Crippen LogP) is 2.68. The summed E-state index contributed by atoms with van der Waals surface area (Å²) < 4.78 is 13.0. The summed E-state index contributed by atoms with van der Waals surface area (Å²) in [6.07, 6.45) is 0. The third-order valence-electron chi connectivity index (χ3n) is 1.42. The Labute approximate surface area is 92.4 Å². The van der Waals surface area contributed by atoms with Gasteiger partial charge in [0.1, 0.15) is 11.9 Å². The Balaban J connectivity index is 3.50. The third kappa shape index (κ3) is 1.98. The summed E-state index contributed by atoms with van der Waals surface area (Å²) in [6, 6.07) is 4.04. The van der Waals surface area contributed by atoms with E-state index in [1.54, 1.807) is 28.7 Å². The molecule has 0 heterocycles. The van der Waals surface area contributed by atoms with E-state index in [2.05, 4.69) is 0 Å². The van der Waals surface area contributed by atoms with Crippen molar-refractivity contribution in [3.05, 3.63) is 32.6 Å². The van der Waals surface area contributed by atoms with E-state index < -0.39 is 11.1 Å². The van der Waals surface area contributed by atoms with Crippen LogP contribution in [0.3, 0.4) is 0 Å². The number of hydrogen-bond acceptors (Lipinski definition) is 2. The highest BCUT2D eigenvalue weighted by molar-refractivity contribution is 14.1. The molecule has 0 amide bonds. The van der Waals surface area contributed by atoms with Crippen molar-refractivity contribution in [1.82, 2.24) is 0 Å². The Morgan fingerprint density at radius 3 is 2.69 bits per heavy atom. The van der Waals surface area contributed by atoms with Crippen LogP contribution in [0.25, 0.3) is 0 Å². The average molecular weight is 309 g/mol. The van der Waals surface area contributed by atoms with E-state index >= 15 is 0 Å². The molecule has 0 atom stereocenters. The van der Waals surface area contributed by atoms with E-state index in [0.717, 1.165) is 6.07 Å². The molecule has 0 aliphatic carbocycles. The number of carbonyl (C=O) groups excluding carboxylic acids is 1. The highest BCUT2D eigenvalue weighted by Gasteiger charge is 2.14. The number of hydrogen-bond donors (Lipinski definition) is 0. The topological polar surface area (TPSA) is 40.9 Å². The zero-order chi connectivity index (χ0) is 10.0. The van der Waals surface area contributed by atoms with Crippen molar-refractivity contribution in [2.75, 3.05) is 0 Å². The summed E-state index contributed by atoms with van der Waals surface area (Å²) in [5, 5.41) is 7.89. The van der Waals surface area contributed by atoms with Crippen LogP contribution in [0.2, 0.25) is 0 Å². The van der Waals surface area contributed by atoms with Gasteiger partial charge in [-0.05, 0) is 46.3 Å². The lowest BCUT2D eigenvalue weighted by molar-refractivity contribution is 0.108. The lowest BCUT2D eigenvalue weighted by Crippen LogP contribution is -1.98. The van der Waals surface area contributed by atoms with Crippen molar-refractivity contribution < 1.29 is 9.18 Å². The van der Waals surface area contributed by atoms with Crippen LogP contribution in [0.15, 0.2) is 12.1 Å². The fourth-order valence-electron chi connectivity index (χ4n) is 0.824. The normalized spacial score (nSPS) is 9.38. The molecular formula is C8H2ClFINO.